The van der Waals surface area contributed by atoms with Crippen molar-refractivity contribution in [3.05, 3.63) is 65.2 Å². The molecule has 31 heavy (non-hydrogen) atoms. The summed E-state index contributed by atoms with van der Waals surface area (Å²) in [4.78, 5) is 37.2. The minimum Gasteiger partial charge on any atom is -0.348 e. The van der Waals surface area contributed by atoms with Crippen LogP contribution in [0, 0.1) is 12.8 Å². The molecule has 6 nitrogen and oxygen atoms in total. The monoisotopic (exact) mass is 421 g/mol. The first-order valence-electron chi connectivity index (χ1n) is 11.0. The zero-order chi connectivity index (χ0) is 22.1. The lowest BCUT2D eigenvalue weighted by Crippen LogP contribution is -2.37. The Morgan fingerprint density at radius 3 is 2.32 bits per heavy atom. The number of nitrogens with one attached hydrogen (secondary N) is 3. The number of anilines is 1. The third kappa shape index (κ3) is 6.95. The zero-order valence-electron chi connectivity index (χ0n) is 18.1. The molecule has 0 atom stereocenters. The van der Waals surface area contributed by atoms with E-state index >= 15 is 0 Å². The highest BCUT2D eigenvalue weighted by Crippen LogP contribution is 2.25. The second kappa shape index (κ2) is 11.3. The van der Waals surface area contributed by atoms with E-state index in [4.69, 9.17) is 0 Å². The summed E-state index contributed by atoms with van der Waals surface area (Å²) < 4.78 is 0. The number of hydrogen-bond acceptors (Lipinski definition) is 3. The predicted molar refractivity (Wildman–Crippen MR) is 122 cm³/mol. The lowest BCUT2D eigenvalue weighted by atomic mass is 9.87. The van der Waals surface area contributed by atoms with Gasteiger partial charge >= 0.3 is 11.8 Å². The molecule has 1 aliphatic rings. The molecular weight excluding hydrogens is 390 g/mol. The van der Waals surface area contributed by atoms with E-state index in [1.165, 1.54) is 32.1 Å². The van der Waals surface area contributed by atoms with Gasteiger partial charge in [0.05, 0.1) is 11.3 Å². The molecule has 2 aromatic rings. The van der Waals surface area contributed by atoms with Gasteiger partial charge in [-0.15, -0.1) is 0 Å². The Labute approximate surface area is 183 Å². The Morgan fingerprint density at radius 2 is 1.58 bits per heavy atom. The zero-order valence-corrected chi connectivity index (χ0v) is 18.1. The topological polar surface area (TPSA) is 87.3 Å². The van der Waals surface area contributed by atoms with Gasteiger partial charge in [-0.3, -0.25) is 14.4 Å². The summed E-state index contributed by atoms with van der Waals surface area (Å²) >= 11 is 0. The standard InChI is InChI=1S/C25H31N3O3/c1-18-11-13-20(14-12-18)17-27-23(29)21-9-5-6-10-22(21)28-25(31)24(30)26-16-15-19-7-3-2-4-8-19/h5-6,9-14,19H,2-4,7-8,15-17H2,1H3,(H,26,30)(H,27,29)(H,28,31). The molecular formula is C25H31N3O3. The first-order chi connectivity index (χ1) is 15.0. The highest BCUT2D eigenvalue weighted by atomic mass is 16.2. The molecule has 164 valence electrons. The normalized spacial score (nSPS) is 14.0. The van der Waals surface area contributed by atoms with Gasteiger partial charge in [0, 0.05) is 13.1 Å². The van der Waals surface area contributed by atoms with Gasteiger partial charge in [0.15, 0.2) is 0 Å². The molecule has 1 fully saturated rings. The van der Waals surface area contributed by atoms with Gasteiger partial charge < -0.3 is 16.0 Å². The number of aryl methyl sites for hydroxylation is 1. The SMILES string of the molecule is Cc1ccc(CNC(=O)c2ccccc2NC(=O)C(=O)NCCC2CCCCC2)cc1. The molecule has 0 radical (unpaired) electrons. The number of para-hydroxylation sites is 1. The van der Waals surface area contributed by atoms with Crippen molar-refractivity contribution in [2.24, 2.45) is 5.92 Å². The first kappa shape index (κ1) is 22.5. The number of amides is 3. The molecule has 3 amide bonds. The van der Waals surface area contributed by atoms with Crippen LogP contribution in [-0.4, -0.2) is 24.3 Å². The van der Waals surface area contributed by atoms with Gasteiger partial charge in [-0.25, -0.2) is 0 Å². The van der Waals surface area contributed by atoms with Gasteiger partial charge in [0.25, 0.3) is 5.91 Å². The maximum absolute atomic E-state index is 12.6. The van der Waals surface area contributed by atoms with Crippen LogP contribution in [0.2, 0.25) is 0 Å². The van der Waals surface area contributed by atoms with Crippen molar-refractivity contribution in [2.45, 2.75) is 52.0 Å². The van der Waals surface area contributed by atoms with E-state index < -0.39 is 11.8 Å². The van der Waals surface area contributed by atoms with Crippen molar-refractivity contribution in [1.29, 1.82) is 0 Å². The third-order valence-electron chi connectivity index (χ3n) is 5.76. The molecule has 0 unspecified atom stereocenters. The van der Waals surface area contributed by atoms with Gasteiger partial charge in [0.1, 0.15) is 0 Å². The van der Waals surface area contributed by atoms with Gasteiger partial charge in [-0.05, 0) is 37.0 Å². The fraction of sp³-hybridized carbons (Fsp3) is 0.400. The maximum Gasteiger partial charge on any atom is 0.313 e. The van der Waals surface area contributed by atoms with Gasteiger partial charge in [-0.1, -0.05) is 74.1 Å². The Hall–Kier alpha value is -3.15. The summed E-state index contributed by atoms with van der Waals surface area (Å²) in [6.45, 7) is 2.88. The predicted octanol–water partition coefficient (Wildman–Crippen LogP) is 3.95. The fourth-order valence-corrected chi connectivity index (χ4v) is 3.90. The summed E-state index contributed by atoms with van der Waals surface area (Å²) in [6.07, 6.45) is 7.10. The van der Waals surface area contributed by atoms with Crippen molar-refractivity contribution in [3.8, 4) is 0 Å². The van der Waals surface area contributed by atoms with Crippen LogP contribution in [0.25, 0.3) is 0 Å². The van der Waals surface area contributed by atoms with Crippen LogP contribution in [0.5, 0.6) is 0 Å². The number of carbonyl (C=O) groups is 3. The van der Waals surface area contributed by atoms with Crippen molar-refractivity contribution < 1.29 is 14.4 Å². The van der Waals surface area contributed by atoms with E-state index in [9.17, 15) is 14.4 Å². The summed E-state index contributed by atoms with van der Waals surface area (Å²) in [5.41, 5.74) is 2.77. The Bertz CT molecular complexity index is 902. The number of carbonyl (C=O) groups excluding carboxylic acids is 3. The Kier molecular flexibility index (Phi) is 8.21. The fourth-order valence-electron chi connectivity index (χ4n) is 3.90. The Morgan fingerprint density at radius 1 is 0.871 bits per heavy atom. The van der Waals surface area contributed by atoms with E-state index in [0.717, 1.165) is 17.5 Å². The number of benzene rings is 2. The molecule has 3 rings (SSSR count). The molecule has 0 aliphatic heterocycles. The molecule has 0 spiro atoms. The average Bonchev–Trinajstić information content (AvgIpc) is 2.79. The van der Waals surface area contributed by atoms with E-state index in [1.807, 2.05) is 31.2 Å². The second-order valence-corrected chi connectivity index (χ2v) is 8.22. The van der Waals surface area contributed by atoms with E-state index in [1.54, 1.807) is 24.3 Å². The van der Waals surface area contributed by atoms with Crippen LogP contribution in [0.3, 0.4) is 0 Å². The highest BCUT2D eigenvalue weighted by Gasteiger charge is 2.19. The summed E-state index contributed by atoms with van der Waals surface area (Å²) in [6, 6.07) is 14.6. The smallest absolute Gasteiger partial charge is 0.313 e. The quantitative estimate of drug-likeness (QED) is 0.592. The molecule has 1 aliphatic carbocycles. The summed E-state index contributed by atoms with van der Waals surface area (Å²) in [7, 11) is 0. The van der Waals surface area contributed by atoms with Crippen LogP contribution in [0.15, 0.2) is 48.5 Å². The van der Waals surface area contributed by atoms with Crippen molar-refractivity contribution in [3.63, 3.8) is 0 Å². The van der Waals surface area contributed by atoms with Crippen molar-refractivity contribution >= 4 is 23.4 Å². The lowest BCUT2D eigenvalue weighted by molar-refractivity contribution is -0.136. The molecule has 0 saturated heterocycles. The summed E-state index contributed by atoms with van der Waals surface area (Å²) in [5, 5.41) is 8.13. The largest absolute Gasteiger partial charge is 0.348 e. The number of rotatable bonds is 7. The third-order valence-corrected chi connectivity index (χ3v) is 5.76. The molecule has 0 heterocycles. The van der Waals surface area contributed by atoms with Crippen LogP contribution in [-0.2, 0) is 16.1 Å². The van der Waals surface area contributed by atoms with Crippen LogP contribution in [0.1, 0.15) is 60.0 Å². The van der Waals surface area contributed by atoms with Crippen molar-refractivity contribution in [2.75, 3.05) is 11.9 Å². The maximum atomic E-state index is 12.6. The van der Waals surface area contributed by atoms with Gasteiger partial charge in [-0.2, -0.15) is 0 Å². The van der Waals surface area contributed by atoms with Gasteiger partial charge in [0.2, 0.25) is 0 Å². The highest BCUT2D eigenvalue weighted by molar-refractivity contribution is 6.40. The molecule has 1 saturated carbocycles. The molecule has 2 aromatic carbocycles. The van der Waals surface area contributed by atoms with E-state index in [2.05, 4.69) is 16.0 Å². The summed E-state index contributed by atoms with van der Waals surface area (Å²) in [5.74, 6) is -1.11. The lowest BCUT2D eigenvalue weighted by Gasteiger charge is -2.21. The second-order valence-electron chi connectivity index (χ2n) is 8.22. The number of hydrogen-bond donors (Lipinski definition) is 3. The molecule has 3 N–H and O–H groups in total. The molecule has 6 heteroatoms. The minimum absolute atomic E-state index is 0.311. The van der Waals surface area contributed by atoms with Crippen LogP contribution in [0.4, 0.5) is 5.69 Å². The Balaban J connectivity index is 1.51. The minimum atomic E-state index is -0.762. The molecule has 0 aromatic heterocycles. The van der Waals surface area contributed by atoms with Crippen molar-refractivity contribution in [1.82, 2.24) is 10.6 Å². The van der Waals surface area contributed by atoms with E-state index in [0.29, 0.717) is 30.3 Å². The first-order valence-corrected chi connectivity index (χ1v) is 11.0. The molecule has 0 bridgehead atoms. The van der Waals surface area contributed by atoms with Crippen LogP contribution >= 0.6 is 0 Å². The van der Waals surface area contributed by atoms with Crippen LogP contribution < -0.4 is 16.0 Å². The average molecular weight is 422 g/mol. The van der Waals surface area contributed by atoms with E-state index in [-0.39, 0.29) is 5.91 Å².